The minimum absolute atomic E-state index is 0.0137. The van der Waals surface area contributed by atoms with Crippen molar-refractivity contribution in [2.75, 3.05) is 19.0 Å². The van der Waals surface area contributed by atoms with Gasteiger partial charge in [-0.05, 0) is 67.9 Å². The molecular weight excluding hydrogens is 460 g/mol. The molecule has 0 aliphatic heterocycles. The largest absolute Gasteiger partial charge is 0.493 e. The number of benzene rings is 2. The van der Waals surface area contributed by atoms with E-state index in [9.17, 15) is 13.2 Å². The summed E-state index contributed by atoms with van der Waals surface area (Å²) in [5.74, 6) is 0.399. The Morgan fingerprint density at radius 1 is 1.17 bits per heavy atom. The van der Waals surface area contributed by atoms with Gasteiger partial charge >= 0.3 is 0 Å². The maximum absolute atomic E-state index is 12.8. The number of rotatable bonds is 7. The van der Waals surface area contributed by atoms with Crippen LogP contribution in [0.3, 0.4) is 0 Å². The van der Waals surface area contributed by atoms with Crippen molar-refractivity contribution < 1.29 is 22.7 Å². The van der Waals surface area contributed by atoms with Gasteiger partial charge in [0.05, 0.1) is 23.9 Å². The molecular formula is C20H25BrN2O5S. The molecule has 2 rings (SSSR count). The standard InChI is InChI=1S/C20H25BrN2O5S/c1-6-28-18-14(21)11-13(12-16(18)27-5)19(24)22-15-9-7-8-10-17(15)29(25,26)23-20(2,3)4/h7-12,23H,6H2,1-5H3,(H,22,24). The third-order valence-electron chi connectivity index (χ3n) is 3.65. The second-order valence-electron chi connectivity index (χ2n) is 7.23. The van der Waals surface area contributed by atoms with Crippen molar-refractivity contribution in [3.05, 3.63) is 46.4 Å². The summed E-state index contributed by atoms with van der Waals surface area (Å²) >= 11 is 3.38. The second-order valence-corrected chi connectivity index (χ2v) is 9.73. The van der Waals surface area contributed by atoms with Crippen LogP contribution >= 0.6 is 15.9 Å². The predicted octanol–water partition coefficient (Wildman–Crippen LogP) is 4.19. The molecule has 0 aliphatic rings. The first kappa shape index (κ1) is 23.2. The van der Waals surface area contributed by atoms with Crippen molar-refractivity contribution in [1.29, 1.82) is 0 Å². The average Bonchev–Trinajstić information content (AvgIpc) is 2.61. The zero-order chi connectivity index (χ0) is 21.8. The molecule has 0 bridgehead atoms. The number of nitrogens with one attached hydrogen (secondary N) is 2. The van der Waals surface area contributed by atoms with Gasteiger partial charge < -0.3 is 14.8 Å². The van der Waals surface area contributed by atoms with E-state index in [1.165, 1.54) is 25.3 Å². The third kappa shape index (κ3) is 5.94. The highest BCUT2D eigenvalue weighted by Gasteiger charge is 2.25. The first-order valence-corrected chi connectivity index (χ1v) is 11.2. The van der Waals surface area contributed by atoms with Crippen molar-refractivity contribution in [2.45, 2.75) is 38.1 Å². The summed E-state index contributed by atoms with van der Waals surface area (Å²) in [6.07, 6.45) is 0. The SMILES string of the molecule is CCOc1c(Br)cc(C(=O)Nc2ccccc2S(=O)(=O)NC(C)(C)C)cc1OC. The molecule has 9 heteroatoms. The lowest BCUT2D eigenvalue weighted by molar-refractivity contribution is 0.102. The zero-order valence-corrected chi connectivity index (χ0v) is 19.4. The summed E-state index contributed by atoms with van der Waals surface area (Å²) in [5.41, 5.74) is -0.199. The van der Waals surface area contributed by atoms with E-state index in [2.05, 4.69) is 26.0 Å². The number of para-hydroxylation sites is 1. The maximum atomic E-state index is 12.8. The molecule has 0 unspecified atom stereocenters. The molecule has 2 aromatic carbocycles. The van der Waals surface area contributed by atoms with Crippen molar-refractivity contribution in [2.24, 2.45) is 0 Å². The van der Waals surface area contributed by atoms with Gasteiger partial charge in [0, 0.05) is 11.1 Å². The van der Waals surface area contributed by atoms with E-state index < -0.39 is 21.5 Å². The number of methoxy groups -OCH3 is 1. The van der Waals surface area contributed by atoms with Crippen LogP contribution in [0.4, 0.5) is 5.69 Å². The Labute approximate surface area is 180 Å². The van der Waals surface area contributed by atoms with Gasteiger partial charge in [-0.3, -0.25) is 4.79 Å². The number of ether oxygens (including phenoxy) is 2. The number of hydrogen-bond acceptors (Lipinski definition) is 5. The van der Waals surface area contributed by atoms with Crippen LogP contribution in [0, 0.1) is 0 Å². The van der Waals surface area contributed by atoms with Crippen LogP contribution in [0.25, 0.3) is 0 Å². The van der Waals surface area contributed by atoms with Crippen LogP contribution < -0.4 is 19.5 Å². The second kappa shape index (κ2) is 9.15. The molecule has 29 heavy (non-hydrogen) atoms. The normalized spacial score (nSPS) is 11.8. The molecule has 0 aliphatic carbocycles. The number of carbonyl (C=O) groups excluding carboxylic acids is 1. The van der Waals surface area contributed by atoms with Crippen molar-refractivity contribution in [3.8, 4) is 11.5 Å². The third-order valence-corrected chi connectivity index (χ3v) is 6.05. The predicted molar refractivity (Wildman–Crippen MR) is 116 cm³/mol. The van der Waals surface area contributed by atoms with E-state index in [1.807, 2.05) is 6.92 Å². The number of sulfonamides is 1. The Hall–Kier alpha value is -2.10. The molecule has 0 atom stereocenters. The Morgan fingerprint density at radius 2 is 1.83 bits per heavy atom. The average molecular weight is 485 g/mol. The highest BCUT2D eigenvalue weighted by atomic mass is 79.9. The fraction of sp³-hybridized carbons (Fsp3) is 0.350. The number of amides is 1. The van der Waals surface area contributed by atoms with Crippen molar-refractivity contribution in [3.63, 3.8) is 0 Å². The lowest BCUT2D eigenvalue weighted by Gasteiger charge is -2.21. The van der Waals surface area contributed by atoms with Crippen molar-refractivity contribution in [1.82, 2.24) is 4.72 Å². The van der Waals surface area contributed by atoms with Gasteiger partial charge in [-0.2, -0.15) is 0 Å². The monoisotopic (exact) mass is 484 g/mol. The topological polar surface area (TPSA) is 93.7 Å². The van der Waals surface area contributed by atoms with Crippen LogP contribution in [0.15, 0.2) is 45.8 Å². The first-order valence-electron chi connectivity index (χ1n) is 8.93. The number of halogens is 1. The minimum atomic E-state index is -3.83. The fourth-order valence-electron chi connectivity index (χ4n) is 2.59. The Kier molecular flexibility index (Phi) is 7.31. The molecule has 0 heterocycles. The van der Waals surface area contributed by atoms with Gasteiger partial charge in [-0.1, -0.05) is 12.1 Å². The Balaban J connectivity index is 2.39. The minimum Gasteiger partial charge on any atom is -0.493 e. The Morgan fingerprint density at radius 3 is 2.41 bits per heavy atom. The molecule has 158 valence electrons. The molecule has 0 fully saturated rings. The molecule has 2 aromatic rings. The number of carbonyl (C=O) groups is 1. The van der Waals surface area contributed by atoms with E-state index in [-0.39, 0.29) is 16.1 Å². The van der Waals surface area contributed by atoms with E-state index in [0.29, 0.717) is 22.6 Å². The summed E-state index contributed by atoms with van der Waals surface area (Å²) in [7, 11) is -2.35. The molecule has 0 saturated heterocycles. The molecule has 0 aromatic heterocycles. The summed E-state index contributed by atoms with van der Waals surface area (Å²) in [4.78, 5) is 12.8. The van der Waals surface area contributed by atoms with E-state index in [4.69, 9.17) is 9.47 Å². The lowest BCUT2D eigenvalue weighted by Crippen LogP contribution is -2.40. The smallest absolute Gasteiger partial charge is 0.255 e. The van der Waals surface area contributed by atoms with Crippen molar-refractivity contribution >= 4 is 37.5 Å². The molecule has 7 nitrogen and oxygen atoms in total. The van der Waals surface area contributed by atoms with Crippen LogP contribution in [0.2, 0.25) is 0 Å². The molecule has 2 N–H and O–H groups in total. The quantitative estimate of drug-likeness (QED) is 0.614. The summed E-state index contributed by atoms with van der Waals surface area (Å²) in [5, 5.41) is 2.67. The zero-order valence-electron chi connectivity index (χ0n) is 17.0. The van der Waals surface area contributed by atoms with Crippen LogP contribution in [-0.2, 0) is 10.0 Å². The molecule has 0 saturated carbocycles. The molecule has 0 radical (unpaired) electrons. The van der Waals surface area contributed by atoms with Crippen LogP contribution in [0.1, 0.15) is 38.1 Å². The highest BCUT2D eigenvalue weighted by molar-refractivity contribution is 9.10. The first-order chi connectivity index (χ1) is 13.5. The Bertz CT molecular complexity index is 1000. The highest BCUT2D eigenvalue weighted by Crippen LogP contribution is 2.37. The maximum Gasteiger partial charge on any atom is 0.255 e. The number of hydrogen-bond donors (Lipinski definition) is 2. The van der Waals surface area contributed by atoms with Gasteiger partial charge in [-0.15, -0.1) is 0 Å². The van der Waals surface area contributed by atoms with E-state index in [1.54, 1.807) is 39.0 Å². The van der Waals surface area contributed by atoms with Gasteiger partial charge in [-0.25, -0.2) is 13.1 Å². The lowest BCUT2D eigenvalue weighted by atomic mass is 10.1. The fourth-order valence-corrected chi connectivity index (χ4v) is 4.73. The van der Waals surface area contributed by atoms with Gasteiger partial charge in [0.1, 0.15) is 4.90 Å². The van der Waals surface area contributed by atoms with E-state index in [0.717, 1.165) is 0 Å². The number of anilines is 1. The van der Waals surface area contributed by atoms with Gasteiger partial charge in [0.25, 0.3) is 5.91 Å². The molecule has 1 amide bonds. The summed E-state index contributed by atoms with van der Waals surface area (Å²) in [6.45, 7) is 7.52. The van der Waals surface area contributed by atoms with E-state index >= 15 is 0 Å². The summed E-state index contributed by atoms with van der Waals surface area (Å²) < 4.78 is 39.5. The summed E-state index contributed by atoms with van der Waals surface area (Å²) in [6, 6.07) is 9.36. The molecule has 0 spiro atoms. The van der Waals surface area contributed by atoms with Gasteiger partial charge in [0.2, 0.25) is 10.0 Å². The van der Waals surface area contributed by atoms with Crippen LogP contribution in [-0.4, -0.2) is 33.6 Å². The van der Waals surface area contributed by atoms with Crippen LogP contribution in [0.5, 0.6) is 11.5 Å². The van der Waals surface area contributed by atoms with Gasteiger partial charge in [0.15, 0.2) is 11.5 Å².